The van der Waals surface area contributed by atoms with Crippen LogP contribution < -0.4 is 10.3 Å². The highest BCUT2D eigenvalue weighted by Gasteiger charge is 2.43. The Morgan fingerprint density at radius 1 is 1.29 bits per heavy atom. The molecule has 2 N–H and O–H groups in total. The van der Waals surface area contributed by atoms with Crippen molar-refractivity contribution in [2.75, 3.05) is 19.6 Å². The Morgan fingerprint density at radius 3 is 2.67 bits per heavy atom. The lowest BCUT2D eigenvalue weighted by molar-refractivity contribution is -0.899. The van der Waals surface area contributed by atoms with Crippen molar-refractivity contribution >= 4 is 11.6 Å². The van der Waals surface area contributed by atoms with E-state index in [9.17, 15) is 4.79 Å². The van der Waals surface area contributed by atoms with Crippen LogP contribution in [-0.2, 0) is 4.79 Å². The average molecular weight is 286 g/mol. The Hall–Kier alpha value is -1.68. The molecule has 0 radical (unpaired) electrons. The van der Waals surface area contributed by atoms with Gasteiger partial charge in [-0.05, 0) is 24.8 Å². The molecule has 1 saturated carbocycles. The molecule has 4 heteroatoms. The topological polar surface area (TPSA) is 45.9 Å². The van der Waals surface area contributed by atoms with Crippen molar-refractivity contribution in [3.63, 3.8) is 0 Å². The zero-order chi connectivity index (χ0) is 14.7. The van der Waals surface area contributed by atoms with Crippen molar-refractivity contribution in [3.05, 3.63) is 35.9 Å². The molecule has 112 valence electrons. The number of nitrogens with one attached hydrogen (secondary N) is 2. The fraction of sp³-hybridized carbons (Fsp3) is 0.529. The third-order valence-corrected chi connectivity index (χ3v) is 4.71. The number of carbonyl (C=O) groups excluding carboxylic acids is 1. The Kier molecular flexibility index (Phi) is 4.34. The smallest absolute Gasteiger partial charge is 0.243 e. The molecule has 21 heavy (non-hydrogen) atoms. The van der Waals surface area contributed by atoms with Gasteiger partial charge < -0.3 is 4.90 Å². The van der Waals surface area contributed by atoms with E-state index in [-0.39, 0.29) is 11.8 Å². The third kappa shape index (κ3) is 3.50. The van der Waals surface area contributed by atoms with Crippen molar-refractivity contribution in [2.45, 2.75) is 32.1 Å². The number of piperidine rings is 1. The van der Waals surface area contributed by atoms with Crippen LogP contribution in [-0.4, -0.2) is 31.3 Å². The summed E-state index contributed by atoms with van der Waals surface area (Å²) in [6.07, 6.45) is 2.97. The number of amides is 1. The fourth-order valence-electron chi connectivity index (χ4n) is 3.13. The highest BCUT2D eigenvalue weighted by molar-refractivity contribution is 5.88. The number of hydrogen-bond acceptors (Lipinski definition) is 2. The maximum atomic E-state index is 12.1. The SMILES string of the molecule is CC[NH+]1CCC(=NNC(=O)[C@H]2C[C@H]2c2ccccc2)CC1. The van der Waals surface area contributed by atoms with Crippen LogP contribution in [0.2, 0.25) is 0 Å². The first-order valence-corrected chi connectivity index (χ1v) is 8.01. The zero-order valence-electron chi connectivity index (χ0n) is 12.6. The molecule has 0 spiro atoms. The van der Waals surface area contributed by atoms with E-state index in [2.05, 4.69) is 29.6 Å². The number of hydrazone groups is 1. The fourth-order valence-corrected chi connectivity index (χ4v) is 3.13. The van der Waals surface area contributed by atoms with Crippen LogP contribution in [0.1, 0.15) is 37.7 Å². The molecule has 0 aromatic heterocycles. The number of nitrogens with zero attached hydrogens (tertiary/aromatic N) is 1. The van der Waals surface area contributed by atoms with Crippen molar-refractivity contribution in [3.8, 4) is 0 Å². The minimum Gasteiger partial charge on any atom is -0.335 e. The molecule has 0 unspecified atom stereocenters. The lowest BCUT2D eigenvalue weighted by Crippen LogP contribution is -3.12. The van der Waals surface area contributed by atoms with Gasteiger partial charge in [-0.15, -0.1) is 0 Å². The van der Waals surface area contributed by atoms with E-state index in [0.717, 1.165) is 38.1 Å². The van der Waals surface area contributed by atoms with Crippen LogP contribution in [0, 0.1) is 5.92 Å². The molecule has 2 fully saturated rings. The van der Waals surface area contributed by atoms with Crippen LogP contribution in [0.15, 0.2) is 35.4 Å². The molecule has 4 nitrogen and oxygen atoms in total. The van der Waals surface area contributed by atoms with Gasteiger partial charge in [0.1, 0.15) is 0 Å². The van der Waals surface area contributed by atoms with Gasteiger partial charge in [0.15, 0.2) is 0 Å². The molecule has 1 amide bonds. The van der Waals surface area contributed by atoms with E-state index < -0.39 is 0 Å². The second-order valence-electron chi connectivity index (χ2n) is 6.12. The Balaban J connectivity index is 1.48. The van der Waals surface area contributed by atoms with Gasteiger partial charge in [0.2, 0.25) is 5.91 Å². The molecular weight excluding hydrogens is 262 g/mol. The van der Waals surface area contributed by atoms with Gasteiger partial charge in [-0.3, -0.25) is 4.79 Å². The van der Waals surface area contributed by atoms with Gasteiger partial charge in [0.05, 0.1) is 19.6 Å². The predicted octanol–water partition coefficient (Wildman–Crippen LogP) is 0.961. The molecule has 1 aromatic rings. The highest BCUT2D eigenvalue weighted by Crippen LogP contribution is 2.47. The molecule has 1 aliphatic carbocycles. The predicted molar refractivity (Wildman–Crippen MR) is 83.3 cm³/mol. The summed E-state index contributed by atoms with van der Waals surface area (Å²) in [5.74, 6) is 0.581. The first-order valence-electron chi connectivity index (χ1n) is 8.01. The van der Waals surface area contributed by atoms with Gasteiger partial charge in [0.25, 0.3) is 0 Å². The van der Waals surface area contributed by atoms with E-state index in [0.29, 0.717) is 5.92 Å². The standard InChI is InChI=1S/C17H23N3O/c1-2-20-10-8-14(9-11-20)18-19-17(21)16-12-15(16)13-6-4-3-5-7-13/h3-7,15-16H,2,8-12H2,1H3,(H,19,21)/p+1/t15-,16-/m0/s1. The van der Waals surface area contributed by atoms with Crippen molar-refractivity contribution < 1.29 is 9.69 Å². The number of carbonyl (C=O) groups is 1. The molecule has 3 rings (SSSR count). The second kappa shape index (κ2) is 6.39. The first-order chi connectivity index (χ1) is 10.3. The van der Waals surface area contributed by atoms with Crippen molar-refractivity contribution in [1.29, 1.82) is 0 Å². The zero-order valence-corrected chi connectivity index (χ0v) is 12.6. The van der Waals surface area contributed by atoms with Crippen LogP contribution >= 0.6 is 0 Å². The Morgan fingerprint density at radius 2 is 2.00 bits per heavy atom. The average Bonchev–Trinajstić information content (AvgIpc) is 3.35. The summed E-state index contributed by atoms with van der Waals surface area (Å²) in [4.78, 5) is 13.8. The minimum atomic E-state index is 0.0848. The maximum absolute atomic E-state index is 12.1. The Bertz CT molecular complexity index is 516. The lowest BCUT2D eigenvalue weighted by Gasteiger charge is -2.23. The van der Waals surface area contributed by atoms with Gasteiger partial charge in [0, 0.05) is 24.5 Å². The number of quaternary nitrogens is 1. The van der Waals surface area contributed by atoms with Gasteiger partial charge in [-0.25, -0.2) is 5.43 Å². The van der Waals surface area contributed by atoms with Gasteiger partial charge in [-0.2, -0.15) is 5.10 Å². The highest BCUT2D eigenvalue weighted by atomic mass is 16.2. The summed E-state index contributed by atoms with van der Waals surface area (Å²) in [6.45, 7) is 5.68. The summed E-state index contributed by atoms with van der Waals surface area (Å²) in [7, 11) is 0. The van der Waals surface area contributed by atoms with Gasteiger partial charge >= 0.3 is 0 Å². The number of benzene rings is 1. The number of rotatable bonds is 4. The molecule has 1 aliphatic heterocycles. The van der Waals surface area contributed by atoms with Crippen LogP contribution in [0.4, 0.5) is 0 Å². The molecule has 0 bridgehead atoms. The number of hydrogen-bond donors (Lipinski definition) is 2. The molecule has 2 aliphatic rings. The minimum absolute atomic E-state index is 0.0848. The quantitative estimate of drug-likeness (QED) is 0.796. The lowest BCUT2D eigenvalue weighted by atomic mass is 10.1. The molecule has 1 heterocycles. The summed E-state index contributed by atoms with van der Waals surface area (Å²) in [5, 5.41) is 4.35. The van der Waals surface area contributed by atoms with E-state index in [1.54, 1.807) is 4.90 Å². The molecular formula is C17H24N3O+. The van der Waals surface area contributed by atoms with E-state index in [4.69, 9.17) is 0 Å². The monoisotopic (exact) mass is 286 g/mol. The number of likely N-dealkylation sites (tertiary alicyclic amines) is 1. The summed E-state index contributed by atoms with van der Waals surface area (Å²) < 4.78 is 0. The van der Waals surface area contributed by atoms with Gasteiger partial charge in [-0.1, -0.05) is 30.3 Å². The van der Waals surface area contributed by atoms with Crippen LogP contribution in [0.25, 0.3) is 0 Å². The normalized spacial score (nSPS) is 28.0. The second-order valence-corrected chi connectivity index (χ2v) is 6.12. The van der Waals surface area contributed by atoms with Crippen molar-refractivity contribution in [2.24, 2.45) is 11.0 Å². The first kappa shape index (κ1) is 14.3. The molecule has 1 saturated heterocycles. The summed E-state index contributed by atoms with van der Waals surface area (Å²) in [6, 6.07) is 10.3. The van der Waals surface area contributed by atoms with Crippen LogP contribution in [0.5, 0.6) is 0 Å². The third-order valence-electron chi connectivity index (χ3n) is 4.71. The van der Waals surface area contributed by atoms with E-state index in [1.807, 2.05) is 18.2 Å². The summed E-state index contributed by atoms with van der Waals surface area (Å²) in [5.41, 5.74) is 5.21. The molecule has 1 aromatic carbocycles. The Labute approximate surface area is 126 Å². The summed E-state index contributed by atoms with van der Waals surface area (Å²) >= 11 is 0. The van der Waals surface area contributed by atoms with E-state index >= 15 is 0 Å². The maximum Gasteiger partial charge on any atom is 0.243 e. The van der Waals surface area contributed by atoms with Crippen molar-refractivity contribution in [1.82, 2.24) is 5.43 Å². The van der Waals surface area contributed by atoms with Crippen LogP contribution in [0.3, 0.4) is 0 Å². The largest absolute Gasteiger partial charge is 0.335 e. The van der Waals surface area contributed by atoms with E-state index in [1.165, 1.54) is 12.1 Å². The molecule has 2 atom stereocenters.